The molecule has 0 rings (SSSR count). The fraction of sp³-hybridized carbons (Fsp3) is 0.750. The Hall–Kier alpha value is -1.06. The minimum absolute atomic E-state index is 0.00799. The summed E-state index contributed by atoms with van der Waals surface area (Å²) < 4.78 is 0. The molecule has 0 saturated carbocycles. The van der Waals surface area contributed by atoms with E-state index in [9.17, 15) is 4.79 Å². The van der Waals surface area contributed by atoms with Crippen molar-refractivity contribution in [1.82, 2.24) is 5.32 Å². The van der Waals surface area contributed by atoms with Crippen LogP contribution < -0.4 is 11.1 Å². The molecule has 12 heavy (non-hydrogen) atoms. The predicted octanol–water partition coefficient (Wildman–Crippen LogP) is 0.617. The normalized spacial score (nSPS) is 12.2. The maximum atomic E-state index is 11.0. The molecule has 70 valence electrons. The molecule has 0 unspecified atom stereocenters. The molecule has 0 aromatic rings. The monoisotopic (exact) mass is 171 g/mol. The van der Waals surface area contributed by atoms with E-state index in [1.807, 2.05) is 6.92 Å². The van der Waals surface area contributed by atoms with Crippen molar-refractivity contribution < 1.29 is 4.79 Å². The van der Waals surface area contributed by atoms with Crippen LogP contribution in [0.1, 0.15) is 33.1 Å². The summed E-state index contributed by atoms with van der Waals surface area (Å²) in [4.78, 5) is 11.0. The minimum Gasteiger partial charge on any atom is -0.387 e. The molecule has 0 fully saturated rings. The first-order valence-corrected chi connectivity index (χ1v) is 4.18. The molecule has 4 heteroatoms. The van der Waals surface area contributed by atoms with Gasteiger partial charge >= 0.3 is 0 Å². The zero-order valence-electron chi connectivity index (χ0n) is 7.68. The topological polar surface area (TPSA) is 79.0 Å². The molecular weight excluding hydrogens is 154 g/mol. The Morgan fingerprint density at radius 3 is 2.67 bits per heavy atom. The third-order valence-corrected chi connectivity index (χ3v) is 1.48. The molecule has 0 aromatic heterocycles. The number of amides is 1. The van der Waals surface area contributed by atoms with E-state index in [0.29, 0.717) is 0 Å². The molecule has 0 aromatic carbocycles. The summed E-state index contributed by atoms with van der Waals surface area (Å²) in [6, 6.07) is 0.182. The van der Waals surface area contributed by atoms with Gasteiger partial charge in [0.15, 0.2) is 0 Å². The number of carbonyl (C=O) groups excluding carboxylic acids is 1. The number of hydrogen-bond donors (Lipinski definition) is 3. The third-order valence-electron chi connectivity index (χ3n) is 1.48. The van der Waals surface area contributed by atoms with E-state index in [1.54, 1.807) is 0 Å². The van der Waals surface area contributed by atoms with Crippen LogP contribution in [0.5, 0.6) is 0 Å². The third kappa shape index (κ3) is 5.70. The van der Waals surface area contributed by atoms with Gasteiger partial charge in [-0.1, -0.05) is 13.3 Å². The summed E-state index contributed by atoms with van der Waals surface area (Å²) in [6.07, 6.45) is 2.01. The van der Waals surface area contributed by atoms with Crippen molar-refractivity contribution >= 4 is 11.7 Å². The zero-order valence-corrected chi connectivity index (χ0v) is 7.68. The van der Waals surface area contributed by atoms with Crippen LogP contribution in [0.25, 0.3) is 0 Å². The summed E-state index contributed by atoms with van der Waals surface area (Å²) in [6.45, 7) is 4.01. The van der Waals surface area contributed by atoms with Crippen LogP contribution in [0.15, 0.2) is 0 Å². The SMILES string of the molecule is CCC[C@H](C)NC(=O)CC(=N)N. The highest BCUT2D eigenvalue weighted by molar-refractivity contribution is 5.97. The summed E-state index contributed by atoms with van der Waals surface area (Å²) in [5.41, 5.74) is 5.07. The average molecular weight is 171 g/mol. The summed E-state index contributed by atoms with van der Waals surface area (Å²) in [5, 5.41) is 9.64. The summed E-state index contributed by atoms with van der Waals surface area (Å²) in [5.74, 6) is -0.250. The van der Waals surface area contributed by atoms with E-state index >= 15 is 0 Å². The van der Waals surface area contributed by atoms with Crippen molar-refractivity contribution in [2.45, 2.75) is 39.2 Å². The Bertz CT molecular complexity index is 168. The fourth-order valence-electron chi connectivity index (χ4n) is 1.00. The van der Waals surface area contributed by atoms with Gasteiger partial charge in [0.2, 0.25) is 5.91 Å². The Balaban J connectivity index is 3.61. The quantitative estimate of drug-likeness (QED) is 0.418. The molecule has 0 aliphatic rings. The molecule has 0 heterocycles. The van der Waals surface area contributed by atoms with Crippen molar-refractivity contribution in [3.63, 3.8) is 0 Å². The van der Waals surface area contributed by atoms with Gasteiger partial charge < -0.3 is 11.1 Å². The highest BCUT2D eigenvalue weighted by atomic mass is 16.1. The Kier molecular flexibility index (Phi) is 5.08. The smallest absolute Gasteiger partial charge is 0.227 e. The highest BCUT2D eigenvalue weighted by Crippen LogP contribution is 1.94. The van der Waals surface area contributed by atoms with Gasteiger partial charge in [0.25, 0.3) is 0 Å². The van der Waals surface area contributed by atoms with Crippen molar-refractivity contribution in [2.24, 2.45) is 5.73 Å². The largest absolute Gasteiger partial charge is 0.387 e. The van der Waals surface area contributed by atoms with Gasteiger partial charge in [-0.2, -0.15) is 0 Å². The van der Waals surface area contributed by atoms with Crippen LogP contribution in [0.4, 0.5) is 0 Å². The maximum absolute atomic E-state index is 11.0. The highest BCUT2D eigenvalue weighted by Gasteiger charge is 2.06. The molecule has 0 saturated heterocycles. The van der Waals surface area contributed by atoms with Gasteiger partial charge in [-0.05, 0) is 13.3 Å². The standard InChI is InChI=1S/C8H17N3O/c1-3-4-6(2)11-8(12)5-7(9)10/h6H,3-5H2,1-2H3,(H3,9,10)(H,11,12)/t6-/m0/s1. The van der Waals surface area contributed by atoms with E-state index in [0.717, 1.165) is 12.8 Å². The van der Waals surface area contributed by atoms with Crippen molar-refractivity contribution in [3.8, 4) is 0 Å². The van der Waals surface area contributed by atoms with Gasteiger partial charge in [-0.3, -0.25) is 10.2 Å². The first-order valence-electron chi connectivity index (χ1n) is 4.18. The average Bonchev–Trinajstić information content (AvgIpc) is 1.84. The van der Waals surface area contributed by atoms with Crippen molar-refractivity contribution in [2.75, 3.05) is 0 Å². The lowest BCUT2D eigenvalue weighted by Gasteiger charge is -2.11. The van der Waals surface area contributed by atoms with E-state index in [4.69, 9.17) is 11.1 Å². The number of nitrogens with two attached hydrogens (primary N) is 1. The molecule has 0 bridgehead atoms. The van der Waals surface area contributed by atoms with Gasteiger partial charge in [-0.25, -0.2) is 0 Å². The van der Waals surface area contributed by atoms with Gasteiger partial charge in [0.1, 0.15) is 0 Å². The number of nitrogens with one attached hydrogen (secondary N) is 2. The molecule has 0 aliphatic carbocycles. The second kappa shape index (κ2) is 5.57. The maximum Gasteiger partial charge on any atom is 0.227 e. The second-order valence-corrected chi connectivity index (χ2v) is 2.96. The molecular formula is C8H17N3O. The van der Waals surface area contributed by atoms with Gasteiger partial charge in [-0.15, -0.1) is 0 Å². The lowest BCUT2D eigenvalue weighted by molar-refractivity contribution is -0.120. The molecule has 0 aliphatic heterocycles. The predicted molar refractivity (Wildman–Crippen MR) is 49.0 cm³/mol. The Morgan fingerprint density at radius 1 is 1.67 bits per heavy atom. The summed E-state index contributed by atoms with van der Waals surface area (Å²) in [7, 11) is 0. The minimum atomic E-state index is -0.163. The van der Waals surface area contributed by atoms with E-state index in [1.165, 1.54) is 0 Å². The lowest BCUT2D eigenvalue weighted by Crippen LogP contribution is -2.34. The number of carbonyl (C=O) groups is 1. The molecule has 1 atom stereocenters. The van der Waals surface area contributed by atoms with Crippen LogP contribution in [-0.4, -0.2) is 17.8 Å². The van der Waals surface area contributed by atoms with E-state index < -0.39 is 0 Å². The van der Waals surface area contributed by atoms with Gasteiger partial charge in [0.05, 0.1) is 12.3 Å². The molecule has 1 amide bonds. The Morgan fingerprint density at radius 2 is 2.25 bits per heavy atom. The van der Waals surface area contributed by atoms with Gasteiger partial charge in [0, 0.05) is 6.04 Å². The lowest BCUT2D eigenvalue weighted by atomic mass is 10.2. The van der Waals surface area contributed by atoms with E-state index in [-0.39, 0.29) is 24.2 Å². The summed E-state index contributed by atoms with van der Waals surface area (Å²) >= 11 is 0. The first kappa shape index (κ1) is 10.9. The van der Waals surface area contributed by atoms with Crippen molar-refractivity contribution in [3.05, 3.63) is 0 Å². The zero-order chi connectivity index (χ0) is 9.56. The van der Waals surface area contributed by atoms with E-state index in [2.05, 4.69) is 12.2 Å². The molecule has 4 nitrogen and oxygen atoms in total. The fourth-order valence-corrected chi connectivity index (χ4v) is 1.00. The number of amidine groups is 1. The van der Waals surface area contributed by atoms with Crippen LogP contribution in [0, 0.1) is 5.41 Å². The number of rotatable bonds is 5. The number of hydrogen-bond acceptors (Lipinski definition) is 2. The van der Waals surface area contributed by atoms with Crippen LogP contribution in [0.2, 0.25) is 0 Å². The van der Waals surface area contributed by atoms with Crippen molar-refractivity contribution in [1.29, 1.82) is 5.41 Å². The van der Waals surface area contributed by atoms with Crippen LogP contribution in [-0.2, 0) is 4.79 Å². The second-order valence-electron chi connectivity index (χ2n) is 2.96. The Labute approximate surface area is 73.0 Å². The first-order chi connectivity index (χ1) is 5.56. The molecule has 0 radical (unpaired) electrons. The van der Waals surface area contributed by atoms with Crippen LogP contribution >= 0.6 is 0 Å². The van der Waals surface area contributed by atoms with Crippen LogP contribution in [0.3, 0.4) is 0 Å². The molecule has 4 N–H and O–H groups in total. The molecule has 0 spiro atoms.